The molecule has 2 rings (SSSR count). The maximum atomic E-state index is 11.9. The second-order valence-electron chi connectivity index (χ2n) is 4.60. The van der Waals surface area contributed by atoms with Crippen LogP contribution in [0, 0.1) is 6.92 Å². The lowest BCUT2D eigenvalue weighted by Gasteiger charge is -2.08. The molecule has 0 aliphatic carbocycles. The minimum Gasteiger partial charge on any atom is -0.308 e. The summed E-state index contributed by atoms with van der Waals surface area (Å²) in [7, 11) is 3.14. The van der Waals surface area contributed by atoms with Crippen molar-refractivity contribution < 1.29 is 0 Å². The zero-order valence-electron chi connectivity index (χ0n) is 11.3. The maximum Gasteiger partial charge on any atom is 0.330 e. The Morgan fingerprint density at radius 3 is 2.47 bits per heavy atom. The summed E-state index contributed by atoms with van der Waals surface area (Å²) in [4.78, 5) is 23.5. The molecule has 0 bridgehead atoms. The standard InChI is InChI=1S/C13H17N3O2S/c1-9-7-19-8-11(9)5-14-4-10-6-15(2)13(18)16(3)12(10)17/h6-8,14H,4-5H2,1-3H3. The molecule has 0 radical (unpaired) electrons. The molecule has 0 saturated carbocycles. The van der Waals surface area contributed by atoms with E-state index < -0.39 is 0 Å². The molecule has 0 unspecified atom stereocenters. The Morgan fingerprint density at radius 2 is 1.84 bits per heavy atom. The van der Waals surface area contributed by atoms with Crippen LogP contribution < -0.4 is 16.6 Å². The van der Waals surface area contributed by atoms with Crippen molar-refractivity contribution in [3.63, 3.8) is 0 Å². The summed E-state index contributed by atoms with van der Waals surface area (Å²) in [6.45, 7) is 3.25. The van der Waals surface area contributed by atoms with Gasteiger partial charge in [-0.15, -0.1) is 0 Å². The van der Waals surface area contributed by atoms with Crippen LogP contribution in [0.2, 0.25) is 0 Å². The Labute approximate surface area is 115 Å². The van der Waals surface area contributed by atoms with Crippen molar-refractivity contribution >= 4 is 11.3 Å². The summed E-state index contributed by atoms with van der Waals surface area (Å²) in [6, 6.07) is 0. The lowest BCUT2D eigenvalue weighted by Crippen LogP contribution is -2.39. The van der Waals surface area contributed by atoms with Gasteiger partial charge in [-0.3, -0.25) is 9.36 Å². The van der Waals surface area contributed by atoms with Gasteiger partial charge in [0.15, 0.2) is 0 Å². The van der Waals surface area contributed by atoms with Gasteiger partial charge in [-0.05, 0) is 28.8 Å². The fraction of sp³-hybridized carbons (Fsp3) is 0.385. The van der Waals surface area contributed by atoms with Gasteiger partial charge in [0.2, 0.25) is 0 Å². The number of rotatable bonds is 4. The largest absolute Gasteiger partial charge is 0.330 e. The molecule has 2 aromatic heterocycles. The fourth-order valence-corrected chi connectivity index (χ4v) is 2.76. The highest BCUT2D eigenvalue weighted by Crippen LogP contribution is 2.12. The van der Waals surface area contributed by atoms with Crippen molar-refractivity contribution in [2.75, 3.05) is 0 Å². The van der Waals surface area contributed by atoms with E-state index in [1.54, 1.807) is 24.6 Å². The number of hydrogen-bond donors (Lipinski definition) is 1. The van der Waals surface area contributed by atoms with E-state index in [2.05, 4.69) is 23.0 Å². The van der Waals surface area contributed by atoms with Gasteiger partial charge in [0, 0.05) is 38.9 Å². The van der Waals surface area contributed by atoms with Crippen LogP contribution in [0.25, 0.3) is 0 Å². The molecule has 102 valence electrons. The normalized spacial score (nSPS) is 10.9. The average Bonchev–Trinajstić information content (AvgIpc) is 2.79. The Hall–Kier alpha value is -1.66. The SMILES string of the molecule is Cc1cscc1CNCc1cn(C)c(=O)n(C)c1=O. The molecule has 0 fully saturated rings. The first-order valence-electron chi connectivity index (χ1n) is 5.98. The summed E-state index contributed by atoms with van der Waals surface area (Å²) in [5, 5.41) is 7.44. The summed E-state index contributed by atoms with van der Waals surface area (Å²) in [6.07, 6.45) is 1.60. The zero-order chi connectivity index (χ0) is 14.0. The van der Waals surface area contributed by atoms with E-state index >= 15 is 0 Å². The van der Waals surface area contributed by atoms with Gasteiger partial charge in [0.05, 0.1) is 0 Å². The van der Waals surface area contributed by atoms with Crippen LogP contribution in [-0.2, 0) is 27.2 Å². The summed E-state index contributed by atoms with van der Waals surface area (Å²) < 4.78 is 2.56. The summed E-state index contributed by atoms with van der Waals surface area (Å²) in [5.41, 5.74) is 2.55. The smallest absolute Gasteiger partial charge is 0.308 e. The van der Waals surface area contributed by atoms with E-state index in [9.17, 15) is 9.59 Å². The van der Waals surface area contributed by atoms with Gasteiger partial charge in [0.25, 0.3) is 5.56 Å². The molecule has 2 aromatic rings. The Bertz CT molecular complexity index is 697. The predicted octanol–water partition coefficient (Wildman–Crippen LogP) is 0.744. The molecule has 0 aliphatic heterocycles. The molecule has 0 saturated heterocycles. The van der Waals surface area contributed by atoms with Gasteiger partial charge in [-0.1, -0.05) is 0 Å². The van der Waals surface area contributed by atoms with Gasteiger partial charge >= 0.3 is 5.69 Å². The Kier molecular flexibility index (Phi) is 4.01. The zero-order valence-corrected chi connectivity index (χ0v) is 12.1. The van der Waals surface area contributed by atoms with Crippen LogP contribution in [0.3, 0.4) is 0 Å². The number of hydrogen-bond acceptors (Lipinski definition) is 4. The third kappa shape index (κ3) is 2.85. The van der Waals surface area contributed by atoms with Crippen molar-refractivity contribution in [3.05, 3.63) is 54.5 Å². The van der Waals surface area contributed by atoms with Gasteiger partial charge in [-0.25, -0.2) is 4.79 Å². The molecule has 0 aromatic carbocycles. The van der Waals surface area contributed by atoms with E-state index in [-0.39, 0.29) is 11.2 Å². The highest BCUT2D eigenvalue weighted by Gasteiger charge is 2.06. The van der Waals surface area contributed by atoms with E-state index in [0.29, 0.717) is 12.1 Å². The topological polar surface area (TPSA) is 56.0 Å². The lowest BCUT2D eigenvalue weighted by molar-refractivity contribution is 0.630. The third-order valence-electron chi connectivity index (χ3n) is 3.11. The quantitative estimate of drug-likeness (QED) is 0.898. The maximum absolute atomic E-state index is 11.9. The number of nitrogens with zero attached hydrogens (tertiary/aromatic N) is 2. The minimum absolute atomic E-state index is 0.238. The molecule has 0 amide bonds. The summed E-state index contributed by atoms with van der Waals surface area (Å²) >= 11 is 1.67. The van der Waals surface area contributed by atoms with Crippen LogP contribution >= 0.6 is 11.3 Å². The van der Waals surface area contributed by atoms with Gasteiger partial charge in [0.1, 0.15) is 0 Å². The predicted molar refractivity (Wildman–Crippen MR) is 76.5 cm³/mol. The van der Waals surface area contributed by atoms with Crippen LogP contribution in [0.1, 0.15) is 16.7 Å². The van der Waals surface area contributed by atoms with Crippen molar-refractivity contribution in [2.45, 2.75) is 20.0 Å². The monoisotopic (exact) mass is 279 g/mol. The molecule has 2 heterocycles. The highest BCUT2D eigenvalue weighted by atomic mass is 32.1. The van der Waals surface area contributed by atoms with Crippen molar-refractivity contribution in [2.24, 2.45) is 14.1 Å². The molecule has 6 heteroatoms. The first kappa shape index (κ1) is 13.8. The Morgan fingerprint density at radius 1 is 1.16 bits per heavy atom. The van der Waals surface area contributed by atoms with Crippen LogP contribution in [0.5, 0.6) is 0 Å². The first-order chi connectivity index (χ1) is 9.00. The number of thiophene rings is 1. The number of aromatic nitrogens is 2. The molecule has 0 spiro atoms. The van der Waals surface area contributed by atoms with Crippen molar-refractivity contribution in [1.29, 1.82) is 0 Å². The summed E-state index contributed by atoms with van der Waals surface area (Å²) in [5.74, 6) is 0. The lowest BCUT2D eigenvalue weighted by atomic mass is 10.2. The van der Waals surface area contributed by atoms with Crippen LogP contribution in [0.15, 0.2) is 26.5 Å². The number of nitrogens with one attached hydrogen (secondary N) is 1. The second-order valence-corrected chi connectivity index (χ2v) is 5.34. The van der Waals surface area contributed by atoms with Gasteiger partial charge < -0.3 is 9.88 Å². The van der Waals surface area contributed by atoms with E-state index in [0.717, 1.165) is 11.1 Å². The minimum atomic E-state index is -0.303. The van der Waals surface area contributed by atoms with Crippen LogP contribution in [-0.4, -0.2) is 9.13 Å². The molecule has 1 N–H and O–H groups in total. The molecule has 0 aliphatic rings. The Balaban J connectivity index is 2.11. The molecule has 19 heavy (non-hydrogen) atoms. The van der Waals surface area contributed by atoms with E-state index in [4.69, 9.17) is 0 Å². The average molecular weight is 279 g/mol. The fourth-order valence-electron chi connectivity index (χ4n) is 1.90. The second kappa shape index (κ2) is 5.54. The highest BCUT2D eigenvalue weighted by molar-refractivity contribution is 7.08. The number of aryl methyl sites for hydroxylation is 2. The van der Waals surface area contributed by atoms with E-state index in [1.807, 2.05) is 0 Å². The van der Waals surface area contributed by atoms with E-state index in [1.165, 1.54) is 22.7 Å². The first-order valence-corrected chi connectivity index (χ1v) is 6.93. The van der Waals surface area contributed by atoms with Gasteiger partial charge in [-0.2, -0.15) is 11.3 Å². The van der Waals surface area contributed by atoms with Crippen molar-refractivity contribution in [3.8, 4) is 0 Å². The van der Waals surface area contributed by atoms with Crippen molar-refractivity contribution in [1.82, 2.24) is 14.5 Å². The molecular weight excluding hydrogens is 262 g/mol. The molecular formula is C13H17N3O2S. The third-order valence-corrected chi connectivity index (χ3v) is 4.02. The molecule has 0 atom stereocenters. The van der Waals surface area contributed by atoms with Crippen LogP contribution in [0.4, 0.5) is 0 Å². The molecule has 5 nitrogen and oxygen atoms in total.